The Morgan fingerprint density at radius 3 is 2.78 bits per heavy atom. The van der Waals surface area contributed by atoms with E-state index in [2.05, 4.69) is 10.2 Å². The average molecular weight is 433 g/mol. The quantitative estimate of drug-likeness (QED) is 0.775. The number of nitrogens with two attached hydrogens (primary N) is 1. The lowest BCUT2D eigenvalue weighted by atomic mass is 9.85. The largest absolute Gasteiger partial charge is 0.378 e. The smallest absolute Gasteiger partial charge is 0.227 e. The highest BCUT2D eigenvalue weighted by atomic mass is 35.5. The molecule has 3 N–H and O–H groups in total. The molecule has 1 aliphatic heterocycles. The zero-order chi connectivity index (χ0) is 17.2. The van der Waals surface area contributed by atoms with Crippen molar-refractivity contribution >= 4 is 63.1 Å². The van der Waals surface area contributed by atoms with Crippen LogP contribution in [0.25, 0.3) is 10.2 Å². The van der Waals surface area contributed by atoms with Crippen molar-refractivity contribution in [3.05, 3.63) is 18.2 Å². The van der Waals surface area contributed by atoms with Gasteiger partial charge in [0.2, 0.25) is 5.91 Å². The van der Waals surface area contributed by atoms with Gasteiger partial charge in [0.05, 0.1) is 23.4 Å². The highest BCUT2D eigenvalue weighted by molar-refractivity contribution is 7.22. The SMILES string of the molecule is Cl.Cl.NC1CCCC(C(=O)Nc2ccc3nc(N4CCOCC4)sc3c2)C1. The molecule has 4 rings (SSSR count). The number of morpholine rings is 1. The fraction of sp³-hybridized carbons (Fsp3) is 0.556. The molecule has 2 heterocycles. The number of anilines is 2. The van der Waals surface area contributed by atoms with Gasteiger partial charge in [-0.25, -0.2) is 4.98 Å². The van der Waals surface area contributed by atoms with Crippen LogP contribution in [0.2, 0.25) is 0 Å². The molecule has 0 spiro atoms. The zero-order valence-corrected chi connectivity index (χ0v) is 17.5. The van der Waals surface area contributed by atoms with Crippen molar-refractivity contribution in [2.24, 2.45) is 11.7 Å². The number of amides is 1. The topological polar surface area (TPSA) is 80.5 Å². The van der Waals surface area contributed by atoms with Crippen LogP contribution < -0.4 is 16.0 Å². The second-order valence-electron chi connectivity index (χ2n) is 6.89. The van der Waals surface area contributed by atoms with Gasteiger partial charge >= 0.3 is 0 Å². The number of fused-ring (bicyclic) bond motifs is 1. The van der Waals surface area contributed by atoms with Gasteiger partial charge in [0.15, 0.2) is 5.13 Å². The highest BCUT2D eigenvalue weighted by Crippen LogP contribution is 2.32. The number of benzene rings is 1. The van der Waals surface area contributed by atoms with Gasteiger partial charge in [-0.15, -0.1) is 24.8 Å². The van der Waals surface area contributed by atoms with E-state index in [0.29, 0.717) is 0 Å². The molecule has 0 bridgehead atoms. The number of halogens is 2. The third-order valence-electron chi connectivity index (χ3n) is 5.01. The summed E-state index contributed by atoms with van der Waals surface area (Å²) in [6, 6.07) is 6.10. The number of thiazole rings is 1. The predicted octanol–water partition coefficient (Wildman–Crippen LogP) is 3.43. The lowest BCUT2D eigenvalue weighted by Crippen LogP contribution is -2.36. The number of nitrogens with one attached hydrogen (secondary N) is 1. The fourth-order valence-electron chi connectivity index (χ4n) is 3.59. The molecule has 2 aromatic rings. The Hall–Kier alpha value is -1.12. The molecule has 1 amide bonds. The molecule has 1 aromatic carbocycles. The molecule has 2 aliphatic rings. The normalized spacial score (nSPS) is 22.6. The van der Waals surface area contributed by atoms with Crippen molar-refractivity contribution in [2.45, 2.75) is 31.7 Å². The summed E-state index contributed by atoms with van der Waals surface area (Å²) >= 11 is 1.67. The number of carbonyl (C=O) groups is 1. The number of carbonyl (C=O) groups excluding carboxylic acids is 1. The lowest BCUT2D eigenvalue weighted by molar-refractivity contribution is -0.120. The Bertz CT molecular complexity index is 767. The number of nitrogens with zero attached hydrogens (tertiary/aromatic N) is 2. The van der Waals surface area contributed by atoms with Crippen molar-refractivity contribution in [3.8, 4) is 0 Å². The molecule has 150 valence electrons. The van der Waals surface area contributed by atoms with Crippen molar-refractivity contribution in [1.82, 2.24) is 4.98 Å². The second kappa shape index (κ2) is 9.89. The average Bonchev–Trinajstić information content (AvgIpc) is 3.06. The maximum Gasteiger partial charge on any atom is 0.227 e. The van der Waals surface area contributed by atoms with Gasteiger partial charge in [-0.05, 0) is 37.5 Å². The van der Waals surface area contributed by atoms with Crippen molar-refractivity contribution in [2.75, 3.05) is 36.5 Å². The van der Waals surface area contributed by atoms with Gasteiger partial charge in [0.1, 0.15) is 0 Å². The molecule has 2 atom stereocenters. The van der Waals surface area contributed by atoms with Crippen LogP contribution in [0.4, 0.5) is 10.8 Å². The van der Waals surface area contributed by atoms with Crippen LogP contribution in [0.15, 0.2) is 18.2 Å². The summed E-state index contributed by atoms with van der Waals surface area (Å²) in [7, 11) is 0. The summed E-state index contributed by atoms with van der Waals surface area (Å²) in [5, 5.41) is 4.09. The van der Waals surface area contributed by atoms with Gasteiger partial charge < -0.3 is 20.7 Å². The van der Waals surface area contributed by atoms with E-state index in [1.807, 2.05) is 18.2 Å². The van der Waals surface area contributed by atoms with E-state index in [-0.39, 0.29) is 42.7 Å². The molecule has 2 unspecified atom stereocenters. The van der Waals surface area contributed by atoms with Crippen LogP contribution in [-0.4, -0.2) is 43.2 Å². The Labute approximate surface area is 175 Å². The second-order valence-corrected chi connectivity index (χ2v) is 7.90. The summed E-state index contributed by atoms with van der Waals surface area (Å²) < 4.78 is 6.50. The van der Waals surface area contributed by atoms with Crippen LogP contribution in [-0.2, 0) is 9.53 Å². The highest BCUT2D eigenvalue weighted by Gasteiger charge is 2.25. The predicted molar refractivity (Wildman–Crippen MR) is 116 cm³/mol. The van der Waals surface area contributed by atoms with Crippen LogP contribution >= 0.6 is 36.2 Å². The summed E-state index contributed by atoms with van der Waals surface area (Å²) in [4.78, 5) is 19.5. The number of rotatable bonds is 3. The molecule has 27 heavy (non-hydrogen) atoms. The molecule has 6 nitrogen and oxygen atoms in total. The third-order valence-corrected chi connectivity index (χ3v) is 6.09. The standard InChI is InChI=1S/C18H24N4O2S.2ClH/c19-13-3-1-2-12(10-13)17(23)20-14-4-5-15-16(11-14)25-18(21-15)22-6-8-24-9-7-22;;/h4-5,11-13H,1-3,6-10,19H2,(H,20,23);2*1H. The minimum atomic E-state index is 0. The first kappa shape index (κ1) is 22.2. The first-order valence-corrected chi connectivity index (χ1v) is 9.80. The molecule has 1 saturated carbocycles. The van der Waals surface area contributed by atoms with Gasteiger partial charge in [-0.2, -0.15) is 0 Å². The number of ether oxygens (including phenoxy) is 1. The monoisotopic (exact) mass is 432 g/mol. The van der Waals surface area contributed by atoms with E-state index in [0.717, 1.165) is 73.0 Å². The molecule has 0 radical (unpaired) electrons. The van der Waals surface area contributed by atoms with Crippen molar-refractivity contribution in [1.29, 1.82) is 0 Å². The molecular formula is C18H26Cl2N4O2S. The Balaban J connectivity index is 0.00000131. The number of hydrogen-bond donors (Lipinski definition) is 2. The van der Waals surface area contributed by atoms with Gasteiger partial charge in [-0.3, -0.25) is 4.79 Å². The maximum absolute atomic E-state index is 12.5. The number of aromatic nitrogens is 1. The minimum absolute atomic E-state index is 0. The molecule has 2 fully saturated rings. The molecule has 9 heteroatoms. The first-order chi connectivity index (χ1) is 12.2. The summed E-state index contributed by atoms with van der Waals surface area (Å²) in [6.07, 6.45) is 3.79. The Kier molecular flexibility index (Phi) is 8.12. The third kappa shape index (κ3) is 5.23. The van der Waals surface area contributed by atoms with E-state index >= 15 is 0 Å². The number of hydrogen-bond acceptors (Lipinski definition) is 6. The van der Waals surface area contributed by atoms with Crippen LogP contribution in [0, 0.1) is 5.92 Å². The minimum Gasteiger partial charge on any atom is -0.378 e. The van der Waals surface area contributed by atoms with E-state index in [1.54, 1.807) is 11.3 Å². The summed E-state index contributed by atoms with van der Waals surface area (Å²) in [5.74, 6) is 0.122. The van der Waals surface area contributed by atoms with Crippen molar-refractivity contribution in [3.63, 3.8) is 0 Å². The summed E-state index contributed by atoms with van der Waals surface area (Å²) in [5.41, 5.74) is 7.82. The van der Waals surface area contributed by atoms with Crippen LogP contribution in [0.5, 0.6) is 0 Å². The molecule has 1 saturated heterocycles. The lowest BCUT2D eigenvalue weighted by Gasteiger charge is -2.25. The Morgan fingerprint density at radius 2 is 2.04 bits per heavy atom. The Morgan fingerprint density at radius 1 is 1.26 bits per heavy atom. The zero-order valence-electron chi connectivity index (χ0n) is 15.1. The van der Waals surface area contributed by atoms with E-state index in [9.17, 15) is 4.79 Å². The van der Waals surface area contributed by atoms with Gasteiger partial charge in [0.25, 0.3) is 0 Å². The van der Waals surface area contributed by atoms with E-state index < -0.39 is 0 Å². The maximum atomic E-state index is 12.5. The molecule has 1 aliphatic carbocycles. The molecule has 1 aromatic heterocycles. The summed E-state index contributed by atoms with van der Waals surface area (Å²) in [6.45, 7) is 3.26. The van der Waals surface area contributed by atoms with E-state index in [4.69, 9.17) is 15.5 Å². The molecular weight excluding hydrogens is 407 g/mol. The van der Waals surface area contributed by atoms with Crippen molar-refractivity contribution < 1.29 is 9.53 Å². The van der Waals surface area contributed by atoms with Gasteiger partial charge in [0, 0.05) is 30.7 Å². The fourth-order valence-corrected chi connectivity index (χ4v) is 4.65. The van der Waals surface area contributed by atoms with E-state index in [1.165, 1.54) is 0 Å². The first-order valence-electron chi connectivity index (χ1n) is 8.99. The van der Waals surface area contributed by atoms with Gasteiger partial charge in [-0.1, -0.05) is 17.8 Å². The van der Waals surface area contributed by atoms with Crippen LogP contribution in [0.3, 0.4) is 0 Å². The van der Waals surface area contributed by atoms with Crippen LogP contribution in [0.1, 0.15) is 25.7 Å².